The number of fused-ring (bicyclic) bond motifs is 1. The lowest BCUT2D eigenvalue weighted by atomic mass is 9.82. The van der Waals surface area contributed by atoms with E-state index < -0.39 is 11.2 Å². The van der Waals surface area contributed by atoms with Crippen LogP contribution in [0, 0.1) is 0 Å². The van der Waals surface area contributed by atoms with Crippen LogP contribution in [0.2, 0.25) is 0 Å². The van der Waals surface area contributed by atoms with Crippen LogP contribution in [0.3, 0.4) is 0 Å². The van der Waals surface area contributed by atoms with E-state index in [1.165, 1.54) is 0 Å². The fourth-order valence-electron chi connectivity index (χ4n) is 2.58. The second kappa shape index (κ2) is 4.49. The highest BCUT2D eigenvalue weighted by molar-refractivity contribution is 5.73. The van der Waals surface area contributed by atoms with E-state index >= 15 is 0 Å². The SMILES string of the molecule is CC[C@]12C=C[C@@](O)(c3ccccc3)C=C1OCC(=O)O2. The minimum Gasteiger partial charge on any atom is -0.482 e. The predicted octanol–water partition coefficient (Wildman–Crippen LogP) is 2.05. The van der Waals surface area contributed by atoms with Crippen molar-refractivity contribution in [2.45, 2.75) is 24.5 Å². The van der Waals surface area contributed by atoms with Crippen LogP contribution < -0.4 is 0 Å². The van der Waals surface area contributed by atoms with Crippen LogP contribution in [0.5, 0.6) is 0 Å². The molecule has 1 aromatic rings. The molecule has 20 heavy (non-hydrogen) atoms. The number of rotatable bonds is 2. The van der Waals surface area contributed by atoms with Crippen molar-refractivity contribution in [3.05, 3.63) is 59.9 Å². The van der Waals surface area contributed by atoms with Gasteiger partial charge in [-0.1, -0.05) is 37.3 Å². The van der Waals surface area contributed by atoms with Crippen LogP contribution in [0.4, 0.5) is 0 Å². The molecule has 104 valence electrons. The topological polar surface area (TPSA) is 55.8 Å². The maximum absolute atomic E-state index is 11.4. The van der Waals surface area contributed by atoms with Crippen LogP contribution in [0.15, 0.2) is 54.3 Å². The van der Waals surface area contributed by atoms with Gasteiger partial charge in [0, 0.05) is 0 Å². The van der Waals surface area contributed by atoms with Crippen molar-refractivity contribution in [2.75, 3.05) is 6.61 Å². The molecule has 0 bridgehead atoms. The molecule has 0 radical (unpaired) electrons. The molecular formula is C16H16O4. The Morgan fingerprint density at radius 2 is 2.00 bits per heavy atom. The van der Waals surface area contributed by atoms with Gasteiger partial charge in [-0.05, 0) is 30.2 Å². The molecule has 0 aromatic heterocycles. The van der Waals surface area contributed by atoms with E-state index in [4.69, 9.17) is 9.47 Å². The maximum Gasteiger partial charge on any atom is 0.345 e. The van der Waals surface area contributed by atoms with Crippen molar-refractivity contribution in [1.29, 1.82) is 0 Å². The highest BCUT2D eigenvalue weighted by atomic mass is 16.6. The minimum absolute atomic E-state index is 0.119. The van der Waals surface area contributed by atoms with E-state index in [1.807, 2.05) is 37.3 Å². The fourth-order valence-corrected chi connectivity index (χ4v) is 2.58. The molecule has 1 aliphatic carbocycles. The Kier molecular flexibility index (Phi) is 2.91. The van der Waals surface area contributed by atoms with E-state index in [9.17, 15) is 9.90 Å². The number of carbonyl (C=O) groups is 1. The number of hydrogen-bond donors (Lipinski definition) is 1. The van der Waals surface area contributed by atoms with Crippen LogP contribution in [-0.4, -0.2) is 23.3 Å². The third-order valence-corrected chi connectivity index (χ3v) is 3.78. The Bertz CT molecular complexity index is 590. The van der Waals surface area contributed by atoms with Gasteiger partial charge >= 0.3 is 5.97 Å². The lowest BCUT2D eigenvalue weighted by Crippen LogP contribution is -2.45. The molecule has 0 amide bonds. The number of benzene rings is 1. The molecule has 2 aliphatic rings. The van der Waals surface area contributed by atoms with Crippen molar-refractivity contribution >= 4 is 5.97 Å². The summed E-state index contributed by atoms with van der Waals surface area (Å²) in [7, 11) is 0. The lowest BCUT2D eigenvalue weighted by molar-refractivity contribution is -0.171. The monoisotopic (exact) mass is 272 g/mol. The summed E-state index contributed by atoms with van der Waals surface area (Å²) in [6, 6.07) is 9.30. The molecule has 1 saturated heterocycles. The molecule has 0 spiro atoms. The molecular weight excluding hydrogens is 256 g/mol. The number of hydrogen-bond acceptors (Lipinski definition) is 4. The summed E-state index contributed by atoms with van der Waals surface area (Å²) < 4.78 is 10.9. The second-order valence-electron chi connectivity index (χ2n) is 5.04. The van der Waals surface area contributed by atoms with Crippen molar-refractivity contribution in [3.8, 4) is 0 Å². The van der Waals surface area contributed by atoms with E-state index in [0.717, 1.165) is 5.56 Å². The maximum atomic E-state index is 11.4. The number of carbonyl (C=O) groups excluding carboxylic acids is 1. The molecule has 1 N–H and O–H groups in total. The highest BCUT2D eigenvalue weighted by Crippen LogP contribution is 2.40. The number of esters is 1. The van der Waals surface area contributed by atoms with Gasteiger partial charge < -0.3 is 14.6 Å². The second-order valence-corrected chi connectivity index (χ2v) is 5.04. The van der Waals surface area contributed by atoms with Crippen molar-refractivity contribution < 1.29 is 19.4 Å². The van der Waals surface area contributed by atoms with Gasteiger partial charge in [0.2, 0.25) is 0 Å². The highest BCUT2D eigenvalue weighted by Gasteiger charge is 2.45. The average molecular weight is 272 g/mol. The Hall–Kier alpha value is -2.07. The summed E-state index contributed by atoms with van der Waals surface area (Å²) in [5, 5.41) is 10.8. The van der Waals surface area contributed by atoms with E-state index in [0.29, 0.717) is 12.2 Å². The molecule has 1 heterocycles. The third kappa shape index (κ3) is 1.93. The zero-order chi connectivity index (χ0) is 14.2. The van der Waals surface area contributed by atoms with Gasteiger partial charge in [0.25, 0.3) is 0 Å². The van der Waals surface area contributed by atoms with E-state index in [2.05, 4.69) is 0 Å². The Labute approximate surface area is 117 Å². The van der Waals surface area contributed by atoms with Crippen LogP contribution in [0.25, 0.3) is 0 Å². The van der Waals surface area contributed by atoms with Crippen molar-refractivity contribution in [3.63, 3.8) is 0 Å². The van der Waals surface area contributed by atoms with Gasteiger partial charge in [0.05, 0.1) is 0 Å². The molecule has 4 heteroatoms. The van der Waals surface area contributed by atoms with Crippen LogP contribution in [-0.2, 0) is 19.9 Å². The Balaban J connectivity index is 2.03. The quantitative estimate of drug-likeness (QED) is 0.661. The molecule has 1 fully saturated rings. The van der Waals surface area contributed by atoms with Gasteiger partial charge in [0.15, 0.2) is 12.2 Å². The third-order valence-electron chi connectivity index (χ3n) is 3.78. The molecule has 1 aliphatic heterocycles. The molecule has 4 nitrogen and oxygen atoms in total. The summed E-state index contributed by atoms with van der Waals surface area (Å²) in [5.74, 6) is 0.104. The first kappa shape index (κ1) is 12.9. The summed E-state index contributed by atoms with van der Waals surface area (Å²) in [4.78, 5) is 11.4. The molecule has 0 saturated carbocycles. The van der Waals surface area contributed by atoms with Gasteiger partial charge in [-0.2, -0.15) is 0 Å². The minimum atomic E-state index is -1.24. The Morgan fingerprint density at radius 1 is 1.25 bits per heavy atom. The number of ether oxygens (including phenoxy) is 2. The first-order valence-electron chi connectivity index (χ1n) is 6.64. The van der Waals surface area contributed by atoms with Crippen molar-refractivity contribution in [1.82, 2.24) is 0 Å². The fraction of sp³-hybridized carbons (Fsp3) is 0.312. The smallest absolute Gasteiger partial charge is 0.345 e. The Morgan fingerprint density at radius 3 is 2.70 bits per heavy atom. The van der Waals surface area contributed by atoms with Crippen molar-refractivity contribution in [2.24, 2.45) is 0 Å². The normalized spacial score (nSPS) is 31.9. The summed E-state index contributed by atoms with van der Waals surface area (Å²) in [5.41, 5.74) is -1.37. The first-order chi connectivity index (χ1) is 9.58. The largest absolute Gasteiger partial charge is 0.482 e. The van der Waals surface area contributed by atoms with Crippen LogP contribution in [0.1, 0.15) is 18.9 Å². The standard InChI is InChI=1S/C16H16O4/c1-2-16-9-8-15(18,12-6-4-3-5-7-12)10-13(16)19-11-14(17)20-16/h3-10,18H,2,11H2,1H3/t15-,16-/m0/s1. The van der Waals surface area contributed by atoms with Gasteiger partial charge in [-0.3, -0.25) is 0 Å². The van der Waals surface area contributed by atoms with Gasteiger partial charge in [-0.15, -0.1) is 0 Å². The summed E-state index contributed by atoms with van der Waals surface area (Å²) >= 11 is 0. The molecule has 3 rings (SSSR count). The van der Waals surface area contributed by atoms with Gasteiger partial charge in [-0.25, -0.2) is 4.79 Å². The lowest BCUT2D eigenvalue weighted by Gasteiger charge is -2.40. The van der Waals surface area contributed by atoms with E-state index in [1.54, 1.807) is 18.2 Å². The summed E-state index contributed by atoms with van der Waals surface area (Å²) in [6.45, 7) is 1.79. The van der Waals surface area contributed by atoms with Gasteiger partial charge in [0.1, 0.15) is 11.4 Å². The average Bonchev–Trinajstić information content (AvgIpc) is 2.49. The molecule has 0 unspecified atom stereocenters. The zero-order valence-electron chi connectivity index (χ0n) is 11.2. The predicted molar refractivity (Wildman–Crippen MR) is 72.6 cm³/mol. The molecule has 1 aromatic carbocycles. The van der Waals surface area contributed by atoms with Crippen LogP contribution >= 0.6 is 0 Å². The first-order valence-corrected chi connectivity index (χ1v) is 6.64. The number of aliphatic hydroxyl groups is 1. The molecule has 2 atom stereocenters. The van der Waals surface area contributed by atoms with E-state index in [-0.39, 0.29) is 12.6 Å². The zero-order valence-corrected chi connectivity index (χ0v) is 11.2. The summed E-state index contributed by atoms with van der Waals surface area (Å²) in [6.07, 6.45) is 5.55.